The minimum absolute atomic E-state index is 0.0496. The van der Waals surface area contributed by atoms with Crippen molar-refractivity contribution in [3.63, 3.8) is 0 Å². The van der Waals surface area contributed by atoms with Gasteiger partial charge in [0.05, 0.1) is 18.4 Å². The van der Waals surface area contributed by atoms with E-state index in [1.54, 1.807) is 18.2 Å². The van der Waals surface area contributed by atoms with Crippen LogP contribution >= 0.6 is 0 Å². The molecule has 2 aromatic rings. The van der Waals surface area contributed by atoms with Gasteiger partial charge in [0, 0.05) is 17.7 Å². The third-order valence-corrected chi connectivity index (χ3v) is 2.91. The van der Waals surface area contributed by atoms with E-state index in [2.05, 4.69) is 0 Å². The van der Waals surface area contributed by atoms with E-state index in [-0.39, 0.29) is 29.4 Å². The Bertz CT molecular complexity index is 673. The topological polar surface area (TPSA) is 81.8 Å². The van der Waals surface area contributed by atoms with Crippen LogP contribution in [0.1, 0.15) is 15.9 Å². The molecule has 0 aromatic heterocycles. The third kappa shape index (κ3) is 3.22. The summed E-state index contributed by atoms with van der Waals surface area (Å²) in [5.74, 6) is -1.10. The minimum atomic E-state index is -1.18. The molecule has 0 bridgehead atoms. The predicted octanol–water partition coefficient (Wildman–Crippen LogP) is 2.69. The van der Waals surface area contributed by atoms with E-state index < -0.39 is 11.8 Å². The van der Waals surface area contributed by atoms with E-state index in [0.29, 0.717) is 5.56 Å². The van der Waals surface area contributed by atoms with Crippen LogP contribution in [-0.4, -0.2) is 18.2 Å². The molecule has 0 atom stereocenters. The Kier molecular flexibility index (Phi) is 4.27. The lowest BCUT2D eigenvalue weighted by Crippen LogP contribution is -2.06. The number of anilines is 1. The van der Waals surface area contributed by atoms with E-state index in [0.717, 1.165) is 0 Å². The molecular weight excluding hydrogens is 277 g/mol. The predicted molar refractivity (Wildman–Crippen MR) is 75.1 cm³/mol. The average Bonchev–Trinajstić information content (AvgIpc) is 2.46. The number of carboxylic acids is 1. The van der Waals surface area contributed by atoms with Crippen molar-refractivity contribution in [2.75, 3.05) is 12.8 Å². The van der Waals surface area contributed by atoms with Crippen molar-refractivity contribution in [1.29, 1.82) is 0 Å². The van der Waals surface area contributed by atoms with Gasteiger partial charge in [-0.25, -0.2) is 9.18 Å². The zero-order valence-electron chi connectivity index (χ0n) is 11.3. The number of carbonyl (C=O) groups is 1. The number of benzene rings is 2. The lowest BCUT2D eigenvalue weighted by molar-refractivity contribution is 0.0697. The van der Waals surface area contributed by atoms with E-state index >= 15 is 0 Å². The summed E-state index contributed by atoms with van der Waals surface area (Å²) in [7, 11) is 1.41. The van der Waals surface area contributed by atoms with E-state index in [4.69, 9.17) is 20.3 Å². The van der Waals surface area contributed by atoms with Crippen LogP contribution in [0, 0.1) is 5.82 Å². The molecule has 0 heterocycles. The maximum Gasteiger partial charge on any atom is 0.337 e. The number of carboxylic acid groups (broad SMARTS) is 1. The number of halogens is 1. The molecule has 2 aromatic carbocycles. The molecule has 21 heavy (non-hydrogen) atoms. The molecule has 0 unspecified atom stereocenters. The van der Waals surface area contributed by atoms with E-state index in [9.17, 15) is 9.18 Å². The summed E-state index contributed by atoms with van der Waals surface area (Å²) >= 11 is 0. The van der Waals surface area contributed by atoms with Gasteiger partial charge in [0.1, 0.15) is 12.4 Å². The maximum absolute atomic E-state index is 13.5. The maximum atomic E-state index is 13.5. The minimum Gasteiger partial charge on any atom is -0.493 e. The van der Waals surface area contributed by atoms with Crippen molar-refractivity contribution in [2.24, 2.45) is 0 Å². The van der Waals surface area contributed by atoms with Crippen molar-refractivity contribution in [3.05, 3.63) is 53.3 Å². The van der Waals surface area contributed by atoms with Crippen LogP contribution in [0.5, 0.6) is 11.5 Å². The first-order valence-corrected chi connectivity index (χ1v) is 6.10. The molecule has 0 spiro atoms. The molecule has 0 saturated heterocycles. The van der Waals surface area contributed by atoms with Crippen molar-refractivity contribution in [2.45, 2.75) is 6.61 Å². The number of methoxy groups -OCH3 is 1. The Morgan fingerprint density at radius 3 is 2.62 bits per heavy atom. The highest BCUT2D eigenvalue weighted by Gasteiger charge is 2.15. The number of nitrogens with two attached hydrogens (primary N) is 1. The van der Waals surface area contributed by atoms with Gasteiger partial charge in [0.25, 0.3) is 0 Å². The van der Waals surface area contributed by atoms with Gasteiger partial charge in [0.2, 0.25) is 0 Å². The average molecular weight is 291 g/mol. The standard InChI is InChI=1S/C15H14FNO4/c1-20-13-7-12(17)10(15(18)19)6-14(13)21-8-9-4-2-3-5-11(9)16/h2-7H,8,17H2,1H3,(H,18,19). The second kappa shape index (κ2) is 6.13. The van der Waals surface area contributed by atoms with Crippen molar-refractivity contribution in [3.8, 4) is 11.5 Å². The lowest BCUT2D eigenvalue weighted by atomic mass is 10.1. The fourth-order valence-corrected chi connectivity index (χ4v) is 1.80. The van der Waals surface area contributed by atoms with Gasteiger partial charge in [-0.1, -0.05) is 18.2 Å². The first-order valence-electron chi connectivity index (χ1n) is 6.10. The van der Waals surface area contributed by atoms with Gasteiger partial charge < -0.3 is 20.3 Å². The largest absolute Gasteiger partial charge is 0.493 e. The highest BCUT2D eigenvalue weighted by molar-refractivity contribution is 5.94. The van der Waals surface area contributed by atoms with Crippen LogP contribution in [0.15, 0.2) is 36.4 Å². The van der Waals surface area contributed by atoms with Crippen LogP contribution in [0.3, 0.4) is 0 Å². The smallest absolute Gasteiger partial charge is 0.337 e. The Balaban J connectivity index is 2.28. The molecule has 5 nitrogen and oxygen atoms in total. The molecule has 0 aliphatic rings. The summed E-state index contributed by atoms with van der Waals surface area (Å²) in [5, 5.41) is 9.05. The van der Waals surface area contributed by atoms with Crippen LogP contribution < -0.4 is 15.2 Å². The van der Waals surface area contributed by atoms with Crippen LogP contribution in [-0.2, 0) is 6.61 Å². The molecule has 0 fully saturated rings. The quantitative estimate of drug-likeness (QED) is 0.828. The monoisotopic (exact) mass is 291 g/mol. The fourth-order valence-electron chi connectivity index (χ4n) is 1.80. The molecule has 2 rings (SSSR count). The number of ether oxygens (including phenoxy) is 2. The highest BCUT2D eigenvalue weighted by Crippen LogP contribution is 2.32. The number of hydrogen-bond acceptors (Lipinski definition) is 4. The SMILES string of the molecule is COc1cc(N)c(C(=O)O)cc1OCc1ccccc1F. The first kappa shape index (κ1) is 14.6. The van der Waals surface area contributed by atoms with Gasteiger partial charge in [-0.05, 0) is 6.07 Å². The highest BCUT2D eigenvalue weighted by atomic mass is 19.1. The Morgan fingerprint density at radius 2 is 2.00 bits per heavy atom. The van der Waals surface area contributed by atoms with Crippen molar-refractivity contribution in [1.82, 2.24) is 0 Å². The summed E-state index contributed by atoms with van der Waals surface area (Å²) in [6, 6.07) is 8.78. The molecule has 0 aliphatic heterocycles. The summed E-state index contributed by atoms with van der Waals surface area (Å²) in [5.41, 5.74) is 5.95. The van der Waals surface area contributed by atoms with Crippen LogP contribution in [0.4, 0.5) is 10.1 Å². The zero-order valence-corrected chi connectivity index (χ0v) is 11.3. The molecule has 110 valence electrons. The van der Waals surface area contributed by atoms with Gasteiger partial charge in [-0.2, -0.15) is 0 Å². The van der Waals surface area contributed by atoms with Gasteiger partial charge in [-0.15, -0.1) is 0 Å². The number of aromatic carboxylic acids is 1. The van der Waals surface area contributed by atoms with Crippen molar-refractivity contribution < 1.29 is 23.8 Å². The normalized spacial score (nSPS) is 10.2. The molecular formula is C15H14FNO4. The van der Waals surface area contributed by atoms with Gasteiger partial charge in [-0.3, -0.25) is 0 Å². The molecule has 0 amide bonds. The first-order chi connectivity index (χ1) is 10.0. The van der Waals surface area contributed by atoms with E-state index in [1.165, 1.54) is 25.3 Å². The van der Waals surface area contributed by atoms with Crippen LogP contribution in [0.25, 0.3) is 0 Å². The summed E-state index contributed by atoms with van der Waals surface area (Å²) in [6.07, 6.45) is 0. The number of rotatable bonds is 5. The Morgan fingerprint density at radius 1 is 1.29 bits per heavy atom. The summed E-state index contributed by atoms with van der Waals surface area (Å²) < 4.78 is 24.1. The van der Waals surface area contributed by atoms with Crippen molar-refractivity contribution >= 4 is 11.7 Å². The Hall–Kier alpha value is -2.76. The summed E-state index contributed by atoms with van der Waals surface area (Å²) in [4.78, 5) is 11.1. The molecule has 3 N–H and O–H groups in total. The molecule has 0 radical (unpaired) electrons. The molecule has 6 heteroatoms. The molecule has 0 aliphatic carbocycles. The number of hydrogen-bond donors (Lipinski definition) is 2. The summed E-state index contributed by atoms with van der Waals surface area (Å²) in [6.45, 7) is -0.0496. The van der Waals surface area contributed by atoms with E-state index in [1.807, 2.05) is 0 Å². The number of nitrogen functional groups attached to an aromatic ring is 1. The lowest BCUT2D eigenvalue weighted by Gasteiger charge is -2.13. The fraction of sp³-hybridized carbons (Fsp3) is 0.133. The molecule has 0 saturated carbocycles. The second-order valence-electron chi connectivity index (χ2n) is 4.28. The van der Waals surface area contributed by atoms with Crippen LogP contribution in [0.2, 0.25) is 0 Å². The second-order valence-corrected chi connectivity index (χ2v) is 4.28. The Labute approximate surface area is 120 Å². The van der Waals surface area contributed by atoms with Gasteiger partial charge in [0.15, 0.2) is 11.5 Å². The zero-order chi connectivity index (χ0) is 15.4. The third-order valence-electron chi connectivity index (χ3n) is 2.91. The van der Waals surface area contributed by atoms with Gasteiger partial charge >= 0.3 is 5.97 Å².